The highest BCUT2D eigenvalue weighted by molar-refractivity contribution is 8.00. The van der Waals surface area contributed by atoms with E-state index in [1.54, 1.807) is 36.8 Å². The molecule has 5 nitrogen and oxygen atoms in total. The Hall–Kier alpha value is -2.94. The first-order valence-corrected chi connectivity index (χ1v) is 9.84. The summed E-state index contributed by atoms with van der Waals surface area (Å²) in [6, 6.07) is 13.8. The lowest BCUT2D eigenvalue weighted by atomic mass is 10.1. The van der Waals surface area contributed by atoms with Gasteiger partial charge in [0.1, 0.15) is 12.3 Å². The van der Waals surface area contributed by atoms with Gasteiger partial charge in [-0.15, -0.1) is 0 Å². The summed E-state index contributed by atoms with van der Waals surface area (Å²) < 4.78 is 44.4. The van der Waals surface area contributed by atoms with Crippen molar-refractivity contribution in [3.05, 3.63) is 65.1 Å². The molecule has 0 aliphatic carbocycles. The van der Waals surface area contributed by atoms with Gasteiger partial charge < -0.3 is 10.1 Å². The van der Waals surface area contributed by atoms with E-state index in [9.17, 15) is 18.0 Å². The van der Waals surface area contributed by atoms with E-state index in [-0.39, 0.29) is 12.3 Å². The highest BCUT2D eigenvalue weighted by Gasteiger charge is 2.26. The highest BCUT2D eigenvalue weighted by Crippen LogP contribution is 2.21. The van der Waals surface area contributed by atoms with Crippen LogP contribution < -0.4 is 14.8 Å². The number of benzene rings is 2. The molecule has 0 aromatic heterocycles. The Bertz CT molecular complexity index is 867. The van der Waals surface area contributed by atoms with Crippen molar-refractivity contribution in [3.8, 4) is 5.75 Å². The molecule has 0 aliphatic heterocycles. The van der Waals surface area contributed by atoms with Crippen molar-refractivity contribution in [1.29, 1.82) is 0 Å². The smallest absolute Gasteiger partial charge is 0.405 e. The lowest BCUT2D eigenvalue weighted by molar-refractivity contribution is -0.119. The van der Waals surface area contributed by atoms with E-state index in [0.717, 1.165) is 28.8 Å². The number of hydrogen-bond acceptors (Lipinski definition) is 5. The van der Waals surface area contributed by atoms with Crippen LogP contribution in [-0.2, 0) is 11.2 Å². The van der Waals surface area contributed by atoms with Crippen molar-refractivity contribution in [3.63, 3.8) is 0 Å². The highest BCUT2D eigenvalue weighted by atomic mass is 32.2. The Labute approximate surface area is 177 Å². The molecule has 2 rings (SSSR count). The van der Waals surface area contributed by atoms with Gasteiger partial charge in [0.2, 0.25) is 5.91 Å². The molecule has 0 radical (unpaired) electrons. The Balaban J connectivity index is 1.78. The van der Waals surface area contributed by atoms with Crippen LogP contribution in [0.3, 0.4) is 0 Å². The Kier molecular flexibility index (Phi) is 8.79. The molecular formula is C21H22F3N3O2S. The van der Waals surface area contributed by atoms with Crippen molar-refractivity contribution in [2.45, 2.75) is 19.0 Å². The molecule has 2 aromatic rings. The molecule has 2 aromatic carbocycles. The minimum absolute atomic E-state index is 0.173. The number of aryl methyl sites for hydroxylation is 1. The quantitative estimate of drug-likeness (QED) is 0.403. The fourth-order valence-electron chi connectivity index (χ4n) is 2.41. The fraction of sp³-hybridized carbons (Fsp3) is 0.238. The zero-order chi connectivity index (χ0) is 22.0. The maximum absolute atomic E-state index is 12.2. The Morgan fingerprint density at radius 1 is 1.17 bits per heavy atom. The van der Waals surface area contributed by atoms with Crippen molar-refractivity contribution >= 4 is 36.0 Å². The third-order valence-electron chi connectivity index (χ3n) is 3.99. The van der Waals surface area contributed by atoms with Crippen LogP contribution in [0.1, 0.15) is 17.5 Å². The van der Waals surface area contributed by atoms with Crippen molar-refractivity contribution < 1.29 is 22.7 Å². The van der Waals surface area contributed by atoms with E-state index < -0.39 is 12.7 Å². The van der Waals surface area contributed by atoms with Crippen LogP contribution in [0.5, 0.6) is 5.75 Å². The maximum atomic E-state index is 12.2. The van der Waals surface area contributed by atoms with Gasteiger partial charge in [-0.05, 0) is 67.0 Å². The molecule has 9 heteroatoms. The number of aliphatic imine (C=N–C) groups is 1. The number of halogens is 3. The van der Waals surface area contributed by atoms with Crippen LogP contribution in [0.4, 0.5) is 18.9 Å². The summed E-state index contributed by atoms with van der Waals surface area (Å²) in [7, 11) is 1.59. The molecule has 0 saturated carbocycles. The van der Waals surface area contributed by atoms with Gasteiger partial charge in [-0.25, -0.2) is 0 Å². The van der Waals surface area contributed by atoms with Gasteiger partial charge in [-0.1, -0.05) is 12.1 Å². The molecule has 0 unspecified atom stereocenters. The summed E-state index contributed by atoms with van der Waals surface area (Å²) in [4.78, 5) is 16.0. The van der Waals surface area contributed by atoms with Gasteiger partial charge in [-0.3, -0.25) is 14.5 Å². The van der Waals surface area contributed by atoms with Crippen molar-refractivity contribution in [2.24, 2.45) is 4.99 Å². The van der Waals surface area contributed by atoms with Gasteiger partial charge in [-0.2, -0.15) is 13.2 Å². The van der Waals surface area contributed by atoms with Gasteiger partial charge in [0.15, 0.2) is 0 Å². The van der Waals surface area contributed by atoms with Crippen LogP contribution in [-0.4, -0.2) is 32.5 Å². The minimum Gasteiger partial charge on any atom is -0.497 e. The number of rotatable bonds is 10. The first-order chi connectivity index (χ1) is 14.3. The number of amides is 1. The topological polar surface area (TPSA) is 62.7 Å². The molecule has 2 N–H and O–H groups in total. The third kappa shape index (κ3) is 8.20. The van der Waals surface area contributed by atoms with Gasteiger partial charge in [0.05, 0.1) is 12.8 Å². The van der Waals surface area contributed by atoms with Crippen LogP contribution in [0.2, 0.25) is 0 Å². The lowest BCUT2D eigenvalue weighted by Crippen LogP contribution is -2.21. The summed E-state index contributed by atoms with van der Waals surface area (Å²) in [5.41, 5.74) is 2.69. The number of methoxy groups -OCH3 is 1. The van der Waals surface area contributed by atoms with Gasteiger partial charge in [0.25, 0.3) is 0 Å². The predicted molar refractivity (Wildman–Crippen MR) is 116 cm³/mol. The zero-order valence-corrected chi connectivity index (χ0v) is 17.1. The monoisotopic (exact) mass is 437 g/mol. The number of ether oxygens (including phenoxy) is 1. The van der Waals surface area contributed by atoms with Gasteiger partial charge >= 0.3 is 6.18 Å². The molecule has 0 fully saturated rings. The van der Waals surface area contributed by atoms with Crippen LogP contribution in [0.25, 0.3) is 5.70 Å². The van der Waals surface area contributed by atoms with Crippen LogP contribution in [0.15, 0.2) is 58.9 Å². The summed E-state index contributed by atoms with van der Waals surface area (Å²) in [6.45, 7) is 2.46. The van der Waals surface area contributed by atoms with E-state index in [1.807, 2.05) is 24.3 Å². The van der Waals surface area contributed by atoms with Gasteiger partial charge in [0, 0.05) is 23.1 Å². The summed E-state index contributed by atoms with van der Waals surface area (Å²) in [6.07, 6.45) is -3.55. The predicted octanol–water partition coefficient (Wildman–Crippen LogP) is 5.07. The third-order valence-corrected chi connectivity index (χ3v) is 4.67. The molecule has 160 valence electrons. The molecule has 0 saturated heterocycles. The van der Waals surface area contributed by atoms with E-state index in [1.165, 1.54) is 0 Å². The first kappa shape index (κ1) is 23.3. The average Bonchev–Trinajstić information content (AvgIpc) is 2.74. The maximum Gasteiger partial charge on any atom is 0.405 e. The molecule has 0 bridgehead atoms. The summed E-state index contributed by atoms with van der Waals surface area (Å²) in [5.74, 6) is 0.556. The molecule has 30 heavy (non-hydrogen) atoms. The Morgan fingerprint density at radius 3 is 2.40 bits per heavy atom. The summed E-state index contributed by atoms with van der Waals surface area (Å²) >= 11 is 1.10. The number of carbonyl (C=O) groups is 1. The van der Waals surface area contributed by atoms with E-state index in [0.29, 0.717) is 17.8 Å². The molecule has 0 aliphatic rings. The number of carbonyl (C=O) groups excluding carboxylic acids is 1. The number of nitrogens with zero attached hydrogens (tertiary/aromatic N) is 1. The molecular weight excluding hydrogens is 415 g/mol. The second kappa shape index (κ2) is 11.3. The molecule has 1 amide bonds. The SMILES string of the molecule is C=N/C(=C\SNC(=O)CCc1ccc(NCC(F)(F)F)cc1)c1ccc(OC)cc1. The number of anilines is 1. The Morgan fingerprint density at radius 2 is 1.83 bits per heavy atom. The molecule has 0 spiro atoms. The standard InChI is InChI=1S/C21H22F3N3O2S/c1-25-19(16-6-10-18(29-2)11-7-16)13-30-27-20(28)12-5-15-3-8-17(9-4-15)26-14-21(22,23)24/h3-4,6-11,13,26H,1,5,12,14H2,2H3,(H,27,28)/b19-13-. The van der Waals surface area contributed by atoms with Crippen LogP contribution in [0, 0.1) is 0 Å². The number of hydrogen-bond donors (Lipinski definition) is 2. The van der Waals surface area contributed by atoms with E-state index in [2.05, 4.69) is 21.7 Å². The van der Waals surface area contributed by atoms with Crippen LogP contribution >= 0.6 is 11.9 Å². The largest absolute Gasteiger partial charge is 0.497 e. The molecule has 0 atom stereocenters. The molecule has 0 heterocycles. The van der Waals surface area contributed by atoms with E-state index >= 15 is 0 Å². The second-order valence-electron chi connectivity index (χ2n) is 6.20. The first-order valence-electron chi connectivity index (χ1n) is 8.96. The van der Waals surface area contributed by atoms with Crippen molar-refractivity contribution in [2.75, 3.05) is 19.0 Å². The number of alkyl halides is 3. The minimum atomic E-state index is -4.27. The average molecular weight is 437 g/mol. The second-order valence-corrected chi connectivity index (χ2v) is 6.87. The van der Waals surface area contributed by atoms with Crippen molar-refractivity contribution in [1.82, 2.24) is 4.72 Å². The normalized spacial score (nSPS) is 11.7. The lowest BCUT2D eigenvalue weighted by Gasteiger charge is -2.10. The zero-order valence-electron chi connectivity index (χ0n) is 16.3. The number of nitrogens with one attached hydrogen (secondary N) is 2. The fourth-order valence-corrected chi connectivity index (χ4v) is 3.02. The summed E-state index contributed by atoms with van der Waals surface area (Å²) in [5, 5.41) is 3.99. The van der Waals surface area contributed by atoms with E-state index in [4.69, 9.17) is 4.74 Å².